The van der Waals surface area contributed by atoms with Crippen LogP contribution in [0.4, 0.5) is 10.1 Å². The van der Waals surface area contributed by atoms with Crippen LogP contribution >= 0.6 is 23.8 Å². The normalized spacial score (nSPS) is 10.2. The molecule has 0 unspecified atom stereocenters. The standard InChI is InChI=1S/C15H12ClFN2OS/c1-19(11-5-2-9(3-6-11)14(18)21)15(20)12-8-10(16)4-7-13(12)17/h2-8H,1H3,(H2,18,21). The largest absolute Gasteiger partial charge is 0.389 e. The maximum Gasteiger partial charge on any atom is 0.261 e. The number of nitrogens with zero attached hydrogens (tertiary/aromatic N) is 1. The highest BCUT2D eigenvalue weighted by molar-refractivity contribution is 7.80. The van der Waals surface area contributed by atoms with Gasteiger partial charge in [0.15, 0.2) is 0 Å². The van der Waals surface area contributed by atoms with Gasteiger partial charge in [-0.1, -0.05) is 23.8 Å². The number of carbonyl (C=O) groups excluding carboxylic acids is 1. The zero-order valence-electron chi connectivity index (χ0n) is 11.1. The fraction of sp³-hybridized carbons (Fsp3) is 0.0667. The van der Waals surface area contributed by atoms with Crippen molar-refractivity contribution < 1.29 is 9.18 Å². The van der Waals surface area contributed by atoms with E-state index in [1.54, 1.807) is 31.3 Å². The van der Waals surface area contributed by atoms with Crippen LogP contribution in [0.3, 0.4) is 0 Å². The lowest BCUT2D eigenvalue weighted by molar-refractivity contribution is 0.0989. The van der Waals surface area contributed by atoms with E-state index in [2.05, 4.69) is 0 Å². The lowest BCUT2D eigenvalue weighted by atomic mass is 10.1. The topological polar surface area (TPSA) is 46.3 Å². The highest BCUT2D eigenvalue weighted by atomic mass is 35.5. The summed E-state index contributed by atoms with van der Waals surface area (Å²) in [6.07, 6.45) is 0. The first kappa shape index (κ1) is 15.4. The zero-order chi connectivity index (χ0) is 15.6. The first-order valence-corrected chi connectivity index (χ1v) is 6.81. The van der Waals surface area contributed by atoms with Gasteiger partial charge in [0.25, 0.3) is 5.91 Å². The smallest absolute Gasteiger partial charge is 0.261 e. The molecule has 0 aromatic heterocycles. The third kappa shape index (κ3) is 3.37. The van der Waals surface area contributed by atoms with Crippen LogP contribution in [0.25, 0.3) is 0 Å². The lowest BCUT2D eigenvalue weighted by Crippen LogP contribution is -2.27. The first-order valence-electron chi connectivity index (χ1n) is 6.03. The highest BCUT2D eigenvalue weighted by Gasteiger charge is 2.18. The second-order valence-electron chi connectivity index (χ2n) is 4.40. The van der Waals surface area contributed by atoms with E-state index >= 15 is 0 Å². The summed E-state index contributed by atoms with van der Waals surface area (Å²) in [5.41, 5.74) is 6.73. The van der Waals surface area contributed by atoms with Crippen LogP contribution in [-0.4, -0.2) is 17.9 Å². The van der Waals surface area contributed by atoms with Crippen LogP contribution in [0.15, 0.2) is 42.5 Å². The molecule has 0 aliphatic carbocycles. The van der Waals surface area contributed by atoms with Gasteiger partial charge in [-0.05, 0) is 42.5 Å². The summed E-state index contributed by atoms with van der Waals surface area (Å²) in [5.74, 6) is -1.10. The number of hydrogen-bond donors (Lipinski definition) is 1. The molecular formula is C15H12ClFN2OS. The molecule has 0 bridgehead atoms. The van der Waals surface area contributed by atoms with Crippen LogP contribution < -0.4 is 10.6 Å². The van der Waals surface area contributed by atoms with Crippen molar-refractivity contribution in [3.8, 4) is 0 Å². The van der Waals surface area contributed by atoms with Crippen molar-refractivity contribution in [1.82, 2.24) is 0 Å². The van der Waals surface area contributed by atoms with Crippen molar-refractivity contribution in [2.24, 2.45) is 5.73 Å². The summed E-state index contributed by atoms with van der Waals surface area (Å²) >= 11 is 10.7. The van der Waals surface area contributed by atoms with E-state index in [0.717, 1.165) is 0 Å². The quantitative estimate of drug-likeness (QED) is 0.881. The summed E-state index contributed by atoms with van der Waals surface area (Å²) in [4.78, 5) is 13.9. The molecule has 2 aromatic rings. The van der Waals surface area contributed by atoms with Crippen molar-refractivity contribution in [3.05, 3.63) is 64.4 Å². The van der Waals surface area contributed by atoms with Gasteiger partial charge in [0, 0.05) is 23.3 Å². The molecule has 0 fully saturated rings. The van der Waals surface area contributed by atoms with Crippen molar-refractivity contribution in [2.75, 3.05) is 11.9 Å². The van der Waals surface area contributed by atoms with Crippen molar-refractivity contribution in [2.45, 2.75) is 0 Å². The number of thiocarbonyl (C=S) groups is 1. The van der Waals surface area contributed by atoms with E-state index in [4.69, 9.17) is 29.6 Å². The third-order valence-corrected chi connectivity index (χ3v) is 3.47. The van der Waals surface area contributed by atoms with E-state index in [9.17, 15) is 9.18 Å². The van der Waals surface area contributed by atoms with Crippen LogP contribution in [0.5, 0.6) is 0 Å². The van der Waals surface area contributed by atoms with Crippen LogP contribution in [0.2, 0.25) is 5.02 Å². The van der Waals surface area contributed by atoms with Crippen LogP contribution in [0, 0.1) is 5.82 Å². The van der Waals surface area contributed by atoms with E-state index in [0.29, 0.717) is 16.3 Å². The maximum atomic E-state index is 13.7. The fourth-order valence-corrected chi connectivity index (χ4v) is 2.12. The van der Waals surface area contributed by atoms with Gasteiger partial charge in [0.1, 0.15) is 10.8 Å². The average Bonchev–Trinajstić information content (AvgIpc) is 2.48. The van der Waals surface area contributed by atoms with Gasteiger partial charge < -0.3 is 10.6 Å². The molecule has 0 heterocycles. The first-order chi connectivity index (χ1) is 9.90. The SMILES string of the molecule is CN(C(=O)c1cc(Cl)ccc1F)c1ccc(C(N)=S)cc1. The Morgan fingerprint density at radius 1 is 1.24 bits per heavy atom. The molecule has 0 aliphatic heterocycles. The molecule has 0 radical (unpaired) electrons. The molecule has 6 heteroatoms. The third-order valence-electron chi connectivity index (χ3n) is 3.00. The molecule has 21 heavy (non-hydrogen) atoms. The van der Waals surface area contributed by atoms with Crippen LogP contribution in [-0.2, 0) is 0 Å². The minimum Gasteiger partial charge on any atom is -0.389 e. The number of anilines is 1. The number of benzene rings is 2. The van der Waals surface area contributed by atoms with Crippen molar-refractivity contribution in [1.29, 1.82) is 0 Å². The number of nitrogens with two attached hydrogens (primary N) is 1. The minimum atomic E-state index is -0.615. The molecule has 2 rings (SSSR count). The van der Waals surface area contributed by atoms with Crippen molar-refractivity contribution in [3.63, 3.8) is 0 Å². The van der Waals surface area contributed by atoms with Crippen molar-refractivity contribution >= 4 is 40.4 Å². The predicted octanol–water partition coefficient (Wildman–Crippen LogP) is 3.39. The van der Waals surface area contributed by atoms with Gasteiger partial charge in [0.2, 0.25) is 0 Å². The number of carbonyl (C=O) groups is 1. The summed E-state index contributed by atoms with van der Waals surface area (Å²) < 4.78 is 13.7. The molecular weight excluding hydrogens is 311 g/mol. The molecule has 2 N–H and O–H groups in total. The zero-order valence-corrected chi connectivity index (χ0v) is 12.7. The molecule has 0 saturated heterocycles. The Labute approximate surface area is 132 Å². The fourth-order valence-electron chi connectivity index (χ4n) is 1.81. The number of amides is 1. The number of halogens is 2. The lowest BCUT2D eigenvalue weighted by Gasteiger charge is -2.18. The molecule has 2 aromatic carbocycles. The molecule has 0 spiro atoms. The van der Waals surface area contributed by atoms with Gasteiger partial charge in [0.05, 0.1) is 5.56 Å². The second-order valence-corrected chi connectivity index (χ2v) is 5.28. The van der Waals surface area contributed by atoms with E-state index < -0.39 is 11.7 Å². The Morgan fingerprint density at radius 2 is 1.86 bits per heavy atom. The van der Waals surface area contributed by atoms with E-state index in [1.807, 2.05) is 0 Å². The summed E-state index contributed by atoms with van der Waals surface area (Å²) in [6.45, 7) is 0. The van der Waals surface area contributed by atoms with Gasteiger partial charge in [-0.15, -0.1) is 0 Å². The van der Waals surface area contributed by atoms with Gasteiger partial charge in [-0.2, -0.15) is 0 Å². The Balaban J connectivity index is 2.30. The predicted molar refractivity (Wildman–Crippen MR) is 86.5 cm³/mol. The average molecular weight is 323 g/mol. The van der Waals surface area contributed by atoms with Gasteiger partial charge >= 0.3 is 0 Å². The Hall–Kier alpha value is -1.98. The monoisotopic (exact) mass is 322 g/mol. The van der Waals surface area contributed by atoms with E-state index in [-0.39, 0.29) is 10.6 Å². The van der Waals surface area contributed by atoms with E-state index in [1.165, 1.54) is 23.1 Å². The Kier molecular flexibility index (Phi) is 4.55. The Bertz CT molecular complexity index is 703. The molecule has 108 valence electrons. The minimum absolute atomic E-state index is 0.0802. The second kappa shape index (κ2) is 6.20. The summed E-state index contributed by atoms with van der Waals surface area (Å²) in [6, 6.07) is 10.7. The molecule has 0 aliphatic rings. The summed E-state index contributed by atoms with van der Waals surface area (Å²) in [7, 11) is 1.55. The van der Waals surface area contributed by atoms with Gasteiger partial charge in [-0.25, -0.2) is 4.39 Å². The molecule has 1 amide bonds. The molecule has 0 atom stereocenters. The Morgan fingerprint density at radius 3 is 2.43 bits per heavy atom. The number of rotatable bonds is 3. The summed E-state index contributed by atoms with van der Waals surface area (Å²) in [5, 5.41) is 0.303. The molecule has 3 nitrogen and oxygen atoms in total. The van der Waals surface area contributed by atoms with Crippen LogP contribution in [0.1, 0.15) is 15.9 Å². The highest BCUT2D eigenvalue weighted by Crippen LogP contribution is 2.20. The number of hydrogen-bond acceptors (Lipinski definition) is 2. The molecule has 0 saturated carbocycles. The maximum absolute atomic E-state index is 13.7. The van der Waals surface area contributed by atoms with Gasteiger partial charge in [-0.3, -0.25) is 4.79 Å².